The molecule has 1 fully saturated rings. The highest BCUT2D eigenvalue weighted by molar-refractivity contribution is 5.05. The lowest BCUT2D eigenvalue weighted by Crippen LogP contribution is -2.24. The van der Waals surface area contributed by atoms with E-state index in [1.54, 1.807) is 0 Å². The maximum Gasteiger partial charge on any atom is 0.151 e. The molecule has 0 amide bonds. The Morgan fingerprint density at radius 3 is 3.00 bits per heavy atom. The van der Waals surface area contributed by atoms with Crippen LogP contribution >= 0.6 is 0 Å². The fraction of sp³-hybridized carbons (Fsp3) is 0.800. The number of hydrogen-bond acceptors (Lipinski definition) is 4. The maximum atomic E-state index is 5.40. The van der Waals surface area contributed by atoms with Gasteiger partial charge < -0.3 is 9.84 Å². The summed E-state index contributed by atoms with van der Waals surface area (Å²) in [7, 11) is 1.93. The Hall–Kier alpha value is -0.870. The molecule has 2 rings (SSSR count). The van der Waals surface area contributed by atoms with Crippen LogP contribution < -0.4 is 5.32 Å². The molecule has 1 aromatic heterocycles. The average molecular weight is 265 g/mol. The average Bonchev–Trinajstić information content (AvgIpc) is 2.67. The topological polar surface area (TPSA) is 41.3 Å². The summed E-state index contributed by atoms with van der Waals surface area (Å²) in [5.41, 5.74) is 0.993. The van der Waals surface area contributed by atoms with Crippen molar-refractivity contribution in [3.05, 3.63) is 17.5 Å². The summed E-state index contributed by atoms with van der Waals surface area (Å²) in [6, 6.07) is 2.07. The molecule has 0 aliphatic carbocycles. The SMILES string of the molecule is CNCc1cc(CN2CCCC(C(C)C)CC2)on1. The highest BCUT2D eigenvalue weighted by Gasteiger charge is 2.20. The van der Waals surface area contributed by atoms with Crippen LogP contribution in [0.3, 0.4) is 0 Å². The zero-order valence-electron chi connectivity index (χ0n) is 12.5. The van der Waals surface area contributed by atoms with Crippen molar-refractivity contribution in [2.75, 3.05) is 20.1 Å². The van der Waals surface area contributed by atoms with Gasteiger partial charge in [-0.2, -0.15) is 0 Å². The van der Waals surface area contributed by atoms with Crippen LogP contribution in [0.5, 0.6) is 0 Å². The Morgan fingerprint density at radius 1 is 1.42 bits per heavy atom. The standard InChI is InChI=1S/C15H27N3O/c1-12(2)13-5-4-7-18(8-6-13)11-15-9-14(10-16-3)17-19-15/h9,12-13,16H,4-8,10-11H2,1-3H3. The van der Waals surface area contributed by atoms with E-state index in [4.69, 9.17) is 4.52 Å². The lowest BCUT2D eigenvalue weighted by molar-refractivity contribution is 0.232. The van der Waals surface area contributed by atoms with Gasteiger partial charge in [0.15, 0.2) is 5.76 Å². The van der Waals surface area contributed by atoms with Crippen LogP contribution in [0.2, 0.25) is 0 Å². The fourth-order valence-corrected chi connectivity index (χ4v) is 2.92. The fourth-order valence-electron chi connectivity index (χ4n) is 2.92. The van der Waals surface area contributed by atoms with E-state index in [2.05, 4.69) is 35.3 Å². The van der Waals surface area contributed by atoms with Gasteiger partial charge in [0.1, 0.15) is 0 Å². The molecule has 0 aromatic carbocycles. The van der Waals surface area contributed by atoms with Crippen molar-refractivity contribution >= 4 is 0 Å². The predicted octanol–water partition coefficient (Wildman–Crippen LogP) is 2.65. The smallest absolute Gasteiger partial charge is 0.151 e. The van der Waals surface area contributed by atoms with E-state index in [1.807, 2.05) is 7.05 Å². The van der Waals surface area contributed by atoms with Gasteiger partial charge in [0, 0.05) is 12.6 Å². The van der Waals surface area contributed by atoms with Crippen LogP contribution in [-0.2, 0) is 13.1 Å². The lowest BCUT2D eigenvalue weighted by Gasteiger charge is -2.20. The molecule has 4 nitrogen and oxygen atoms in total. The molecule has 1 saturated heterocycles. The molecule has 4 heteroatoms. The first-order chi connectivity index (χ1) is 9.19. The molecule has 1 aliphatic heterocycles. The highest BCUT2D eigenvalue weighted by atomic mass is 16.5. The number of likely N-dealkylation sites (tertiary alicyclic amines) is 1. The van der Waals surface area contributed by atoms with Crippen molar-refractivity contribution < 1.29 is 4.52 Å². The minimum absolute atomic E-state index is 0.777. The first-order valence-corrected chi connectivity index (χ1v) is 7.50. The van der Waals surface area contributed by atoms with Crippen LogP contribution in [0.1, 0.15) is 44.6 Å². The quantitative estimate of drug-likeness (QED) is 0.888. The van der Waals surface area contributed by atoms with Gasteiger partial charge in [-0.15, -0.1) is 0 Å². The van der Waals surface area contributed by atoms with Gasteiger partial charge in [-0.25, -0.2) is 0 Å². The Kier molecular flexibility index (Phi) is 5.40. The van der Waals surface area contributed by atoms with Crippen molar-refractivity contribution in [3.63, 3.8) is 0 Å². The van der Waals surface area contributed by atoms with Crippen LogP contribution in [-0.4, -0.2) is 30.2 Å². The van der Waals surface area contributed by atoms with Gasteiger partial charge in [-0.05, 0) is 51.2 Å². The van der Waals surface area contributed by atoms with Crippen molar-refractivity contribution in [2.45, 2.75) is 46.2 Å². The molecule has 2 heterocycles. The number of nitrogens with one attached hydrogen (secondary N) is 1. The Labute approximate surface area is 116 Å². The number of rotatable bonds is 5. The molecule has 0 radical (unpaired) electrons. The largest absolute Gasteiger partial charge is 0.360 e. The molecule has 19 heavy (non-hydrogen) atoms. The Bertz CT molecular complexity index is 375. The molecule has 0 bridgehead atoms. The predicted molar refractivity (Wildman–Crippen MR) is 76.7 cm³/mol. The van der Waals surface area contributed by atoms with E-state index in [9.17, 15) is 0 Å². The first kappa shape index (κ1) is 14.5. The molecule has 1 aromatic rings. The van der Waals surface area contributed by atoms with E-state index in [-0.39, 0.29) is 0 Å². The number of nitrogens with zero attached hydrogens (tertiary/aromatic N) is 2. The third-order valence-electron chi connectivity index (χ3n) is 4.15. The molecule has 1 unspecified atom stereocenters. The normalized spacial score (nSPS) is 21.8. The monoisotopic (exact) mass is 265 g/mol. The van der Waals surface area contributed by atoms with Crippen LogP contribution in [0.4, 0.5) is 0 Å². The Morgan fingerprint density at radius 2 is 2.26 bits per heavy atom. The van der Waals surface area contributed by atoms with Crippen LogP contribution in [0.25, 0.3) is 0 Å². The van der Waals surface area contributed by atoms with E-state index >= 15 is 0 Å². The van der Waals surface area contributed by atoms with Crippen molar-refractivity contribution in [1.82, 2.24) is 15.4 Å². The molecule has 1 aliphatic rings. The summed E-state index contributed by atoms with van der Waals surface area (Å²) in [6.45, 7) is 8.75. The minimum Gasteiger partial charge on any atom is -0.360 e. The summed E-state index contributed by atoms with van der Waals surface area (Å²) in [5, 5.41) is 7.17. The van der Waals surface area contributed by atoms with Crippen molar-refractivity contribution in [1.29, 1.82) is 0 Å². The number of aromatic nitrogens is 1. The summed E-state index contributed by atoms with van der Waals surface area (Å²) >= 11 is 0. The lowest BCUT2D eigenvalue weighted by atomic mass is 9.89. The van der Waals surface area contributed by atoms with Gasteiger partial charge in [0.05, 0.1) is 12.2 Å². The molecular formula is C15H27N3O. The molecular weight excluding hydrogens is 238 g/mol. The van der Waals surface area contributed by atoms with Gasteiger partial charge >= 0.3 is 0 Å². The van der Waals surface area contributed by atoms with Gasteiger partial charge in [-0.3, -0.25) is 4.90 Å². The summed E-state index contributed by atoms with van der Waals surface area (Å²) < 4.78 is 5.40. The Balaban J connectivity index is 1.85. The van der Waals surface area contributed by atoms with E-state index in [0.29, 0.717) is 0 Å². The van der Waals surface area contributed by atoms with Gasteiger partial charge in [0.2, 0.25) is 0 Å². The summed E-state index contributed by atoms with van der Waals surface area (Å²) in [4.78, 5) is 2.51. The highest BCUT2D eigenvalue weighted by Crippen LogP contribution is 2.25. The van der Waals surface area contributed by atoms with Gasteiger partial charge in [-0.1, -0.05) is 19.0 Å². The molecule has 0 saturated carbocycles. The van der Waals surface area contributed by atoms with Crippen LogP contribution in [0, 0.1) is 11.8 Å². The zero-order chi connectivity index (χ0) is 13.7. The molecule has 1 atom stereocenters. The van der Waals surface area contributed by atoms with E-state index in [1.165, 1.54) is 32.4 Å². The maximum absolute atomic E-state index is 5.40. The molecule has 0 spiro atoms. The second kappa shape index (κ2) is 7.06. The van der Waals surface area contributed by atoms with Crippen LogP contribution in [0.15, 0.2) is 10.6 Å². The second-order valence-electron chi connectivity index (χ2n) is 6.03. The van der Waals surface area contributed by atoms with E-state index < -0.39 is 0 Å². The van der Waals surface area contributed by atoms with E-state index in [0.717, 1.165) is 36.4 Å². The van der Waals surface area contributed by atoms with Crippen molar-refractivity contribution in [3.8, 4) is 0 Å². The third-order valence-corrected chi connectivity index (χ3v) is 4.15. The molecule has 108 valence electrons. The number of hydrogen-bond donors (Lipinski definition) is 1. The summed E-state index contributed by atoms with van der Waals surface area (Å²) in [5.74, 6) is 2.69. The molecule has 1 N–H and O–H groups in total. The summed E-state index contributed by atoms with van der Waals surface area (Å²) in [6.07, 6.45) is 3.99. The second-order valence-corrected chi connectivity index (χ2v) is 6.03. The third kappa shape index (κ3) is 4.32. The minimum atomic E-state index is 0.777. The first-order valence-electron chi connectivity index (χ1n) is 7.50. The van der Waals surface area contributed by atoms with Gasteiger partial charge in [0.25, 0.3) is 0 Å². The zero-order valence-corrected chi connectivity index (χ0v) is 12.5. The van der Waals surface area contributed by atoms with Crippen molar-refractivity contribution in [2.24, 2.45) is 11.8 Å².